The summed E-state index contributed by atoms with van der Waals surface area (Å²) in [6, 6.07) is -0.758. The Morgan fingerprint density at radius 3 is 1.63 bits per heavy atom. The van der Waals surface area contributed by atoms with E-state index in [0.29, 0.717) is 6.42 Å². The van der Waals surface area contributed by atoms with Crippen molar-refractivity contribution in [3.8, 4) is 0 Å². The summed E-state index contributed by atoms with van der Waals surface area (Å²) in [5, 5.41) is 7.12. The fraction of sp³-hybridized carbons (Fsp3) is 0.875. The number of carboxylic acids is 1. The Balaban J connectivity index is -0.000000280. The summed E-state index contributed by atoms with van der Waals surface area (Å²) in [5.41, 5.74) is 5.29. The molecule has 0 saturated heterocycles. The SMILES string of the molecule is CCC(N)C(CI)C(F)(F)F.N.O=C(O)C(F)(F)F. The largest absolute Gasteiger partial charge is 0.490 e. The molecule has 0 spiro atoms. The van der Waals surface area contributed by atoms with Crippen molar-refractivity contribution in [2.45, 2.75) is 31.7 Å². The molecule has 4 nitrogen and oxygen atoms in total. The van der Waals surface area contributed by atoms with Crippen LogP contribution in [0.4, 0.5) is 26.3 Å². The molecule has 0 heterocycles. The van der Waals surface area contributed by atoms with E-state index in [4.69, 9.17) is 15.6 Å². The summed E-state index contributed by atoms with van der Waals surface area (Å²) in [6.07, 6.45) is -8.86. The lowest BCUT2D eigenvalue weighted by Crippen LogP contribution is -2.40. The van der Waals surface area contributed by atoms with E-state index in [1.54, 1.807) is 29.5 Å². The van der Waals surface area contributed by atoms with Crippen molar-refractivity contribution in [3.63, 3.8) is 0 Å². The van der Waals surface area contributed by atoms with Gasteiger partial charge in [0.15, 0.2) is 0 Å². The van der Waals surface area contributed by atoms with Crippen LogP contribution in [0.25, 0.3) is 0 Å². The number of halogens is 7. The van der Waals surface area contributed by atoms with Crippen LogP contribution in [0, 0.1) is 5.92 Å². The first-order valence-electron chi connectivity index (χ1n) is 4.56. The summed E-state index contributed by atoms with van der Waals surface area (Å²) in [6.45, 7) is 1.66. The van der Waals surface area contributed by atoms with Crippen LogP contribution >= 0.6 is 22.6 Å². The van der Waals surface area contributed by atoms with Crippen LogP contribution in [0.15, 0.2) is 0 Å². The average Bonchev–Trinajstić information content (AvgIpc) is 2.15. The predicted molar refractivity (Wildman–Crippen MR) is 65.4 cm³/mol. The minimum Gasteiger partial charge on any atom is -0.475 e. The number of alkyl halides is 7. The fourth-order valence-electron chi connectivity index (χ4n) is 0.729. The third-order valence-corrected chi connectivity index (χ3v) is 2.77. The highest BCUT2D eigenvalue weighted by Gasteiger charge is 2.41. The minimum absolute atomic E-state index is 0. The topological polar surface area (TPSA) is 98.3 Å². The van der Waals surface area contributed by atoms with E-state index in [1.807, 2.05) is 0 Å². The second-order valence-corrected chi connectivity index (χ2v) is 4.06. The van der Waals surface area contributed by atoms with Crippen molar-refractivity contribution in [1.29, 1.82) is 0 Å². The number of hydrogen-bond donors (Lipinski definition) is 3. The summed E-state index contributed by atoms with van der Waals surface area (Å²) < 4.78 is 68.0. The standard InChI is InChI=1S/C6H11F3IN.C2HF3O2.H3N/c1-2-5(11)4(3-10)6(7,8)9;3-2(4,5)1(6)7;/h4-5H,2-3,11H2,1H3;(H,6,7);1H3. The Hall–Kier alpha value is -0.300. The Labute approximate surface area is 119 Å². The molecular weight excluding hydrogens is 397 g/mol. The Bertz CT molecular complexity index is 259. The molecule has 0 aliphatic carbocycles. The quantitative estimate of drug-likeness (QED) is 0.377. The van der Waals surface area contributed by atoms with E-state index in [-0.39, 0.29) is 10.6 Å². The first kappa shape index (κ1) is 23.8. The van der Waals surface area contributed by atoms with Gasteiger partial charge in [-0.2, -0.15) is 26.3 Å². The normalized spacial score (nSPS) is 14.6. The third-order valence-electron chi connectivity index (χ3n) is 1.82. The highest BCUT2D eigenvalue weighted by atomic mass is 127. The third kappa shape index (κ3) is 11.2. The van der Waals surface area contributed by atoms with Crippen LogP contribution in [0.3, 0.4) is 0 Å². The van der Waals surface area contributed by atoms with Gasteiger partial charge in [0.2, 0.25) is 0 Å². The molecule has 0 rings (SSSR count). The van der Waals surface area contributed by atoms with Crippen LogP contribution in [-0.2, 0) is 4.79 Å². The molecule has 19 heavy (non-hydrogen) atoms. The van der Waals surface area contributed by atoms with Gasteiger partial charge in [-0.3, -0.25) is 0 Å². The van der Waals surface area contributed by atoms with Gasteiger partial charge in [0.25, 0.3) is 0 Å². The van der Waals surface area contributed by atoms with Gasteiger partial charge in [0.1, 0.15) is 0 Å². The maximum atomic E-state index is 12.1. The fourth-order valence-corrected chi connectivity index (χ4v) is 1.88. The van der Waals surface area contributed by atoms with Gasteiger partial charge in [-0.25, -0.2) is 4.79 Å². The van der Waals surface area contributed by atoms with Crippen LogP contribution in [0.5, 0.6) is 0 Å². The summed E-state index contributed by atoms with van der Waals surface area (Å²) in [4.78, 5) is 8.90. The first-order chi connectivity index (χ1) is 7.87. The van der Waals surface area contributed by atoms with E-state index in [0.717, 1.165) is 0 Å². The van der Waals surface area contributed by atoms with Crippen LogP contribution in [-0.4, -0.2) is 33.9 Å². The zero-order valence-electron chi connectivity index (χ0n) is 9.85. The van der Waals surface area contributed by atoms with Crippen molar-refractivity contribution >= 4 is 28.6 Å². The second kappa shape index (κ2) is 9.58. The van der Waals surface area contributed by atoms with E-state index in [9.17, 15) is 26.3 Å². The smallest absolute Gasteiger partial charge is 0.475 e. The molecular formula is C8H15F6IN2O2. The zero-order valence-corrected chi connectivity index (χ0v) is 12.0. The molecule has 0 fully saturated rings. The van der Waals surface area contributed by atoms with Gasteiger partial charge >= 0.3 is 18.3 Å². The molecule has 0 aromatic carbocycles. The number of carbonyl (C=O) groups is 1. The number of aliphatic carboxylic acids is 1. The summed E-state index contributed by atoms with van der Waals surface area (Å²) in [5.74, 6) is -4.11. The highest BCUT2D eigenvalue weighted by Crippen LogP contribution is 2.30. The predicted octanol–water partition coefficient (Wildman–Crippen LogP) is 3.13. The molecule has 0 aromatic heterocycles. The van der Waals surface area contributed by atoms with Gasteiger partial charge < -0.3 is 17.0 Å². The monoisotopic (exact) mass is 412 g/mol. The number of nitrogens with two attached hydrogens (primary N) is 1. The molecule has 0 amide bonds. The van der Waals surface area contributed by atoms with Crippen molar-refractivity contribution < 1.29 is 36.2 Å². The summed E-state index contributed by atoms with van der Waals surface area (Å²) >= 11 is 1.71. The zero-order chi connectivity index (χ0) is 15.1. The molecule has 6 N–H and O–H groups in total. The van der Waals surface area contributed by atoms with Gasteiger partial charge in [-0.05, 0) is 6.42 Å². The van der Waals surface area contributed by atoms with Gasteiger partial charge in [-0.1, -0.05) is 29.5 Å². The molecule has 118 valence electrons. The highest BCUT2D eigenvalue weighted by molar-refractivity contribution is 14.1. The van der Waals surface area contributed by atoms with Crippen LogP contribution < -0.4 is 11.9 Å². The molecule has 11 heteroatoms. The van der Waals surface area contributed by atoms with Gasteiger partial charge in [-0.15, -0.1) is 0 Å². The molecule has 2 unspecified atom stereocenters. The van der Waals surface area contributed by atoms with E-state index in [2.05, 4.69) is 0 Å². The summed E-state index contributed by atoms with van der Waals surface area (Å²) in [7, 11) is 0. The second-order valence-electron chi connectivity index (χ2n) is 3.18. The molecule has 0 aromatic rings. The lowest BCUT2D eigenvalue weighted by molar-refractivity contribution is -0.192. The first-order valence-corrected chi connectivity index (χ1v) is 6.08. The van der Waals surface area contributed by atoms with Crippen molar-refractivity contribution in [3.05, 3.63) is 0 Å². The molecule has 0 radical (unpaired) electrons. The molecule has 0 aliphatic rings. The van der Waals surface area contributed by atoms with Crippen LogP contribution in [0.2, 0.25) is 0 Å². The van der Waals surface area contributed by atoms with Crippen molar-refractivity contribution in [2.24, 2.45) is 11.7 Å². The maximum absolute atomic E-state index is 12.1. The number of carboxylic acid groups (broad SMARTS) is 1. The molecule has 0 saturated carbocycles. The van der Waals surface area contributed by atoms with Crippen LogP contribution in [0.1, 0.15) is 13.3 Å². The van der Waals surface area contributed by atoms with Gasteiger partial charge in [0.05, 0.1) is 5.92 Å². The van der Waals surface area contributed by atoms with E-state index < -0.39 is 30.3 Å². The maximum Gasteiger partial charge on any atom is 0.490 e. The van der Waals surface area contributed by atoms with E-state index >= 15 is 0 Å². The van der Waals surface area contributed by atoms with Crippen molar-refractivity contribution in [1.82, 2.24) is 6.15 Å². The van der Waals surface area contributed by atoms with Crippen molar-refractivity contribution in [2.75, 3.05) is 4.43 Å². The molecule has 0 bridgehead atoms. The Kier molecular flexibility index (Phi) is 12.0. The van der Waals surface area contributed by atoms with E-state index in [1.165, 1.54) is 0 Å². The Morgan fingerprint density at radius 2 is 1.58 bits per heavy atom. The number of rotatable bonds is 3. The Morgan fingerprint density at radius 1 is 1.26 bits per heavy atom. The van der Waals surface area contributed by atoms with Gasteiger partial charge in [0, 0.05) is 10.5 Å². The number of hydrogen-bond acceptors (Lipinski definition) is 3. The lowest BCUT2D eigenvalue weighted by atomic mass is 10.0. The average molecular weight is 412 g/mol. The molecule has 0 aliphatic heterocycles. The molecule has 2 atom stereocenters. The minimum atomic E-state index is -5.08. The lowest BCUT2D eigenvalue weighted by Gasteiger charge is -2.23.